The van der Waals surface area contributed by atoms with Gasteiger partial charge in [0.2, 0.25) is 6.41 Å². The first-order valence-electron chi connectivity index (χ1n) is 5.80. The summed E-state index contributed by atoms with van der Waals surface area (Å²) in [7, 11) is 0. The lowest BCUT2D eigenvalue weighted by Crippen LogP contribution is -2.35. The molecule has 0 aliphatic carbocycles. The van der Waals surface area contributed by atoms with Gasteiger partial charge in [0, 0.05) is 24.0 Å². The zero-order valence-corrected chi connectivity index (χ0v) is 10.5. The predicted octanol–water partition coefficient (Wildman–Crippen LogP) is 2.53. The number of hydrogen-bond acceptors (Lipinski definition) is 2. The SMILES string of the molecule is O=CN1CCC(C(=O)c2ccc(Cl)cc2F)CC1. The van der Waals surface area contributed by atoms with Gasteiger partial charge in [-0.05, 0) is 31.0 Å². The van der Waals surface area contributed by atoms with Crippen molar-refractivity contribution in [2.24, 2.45) is 5.92 Å². The highest BCUT2D eigenvalue weighted by molar-refractivity contribution is 6.30. The summed E-state index contributed by atoms with van der Waals surface area (Å²) >= 11 is 5.65. The van der Waals surface area contributed by atoms with Gasteiger partial charge >= 0.3 is 0 Å². The van der Waals surface area contributed by atoms with Crippen LogP contribution >= 0.6 is 11.6 Å². The van der Waals surface area contributed by atoms with Crippen LogP contribution in [-0.2, 0) is 4.79 Å². The van der Waals surface area contributed by atoms with E-state index in [0.29, 0.717) is 25.9 Å². The van der Waals surface area contributed by atoms with Crippen molar-refractivity contribution in [3.05, 3.63) is 34.6 Å². The predicted molar refractivity (Wildman–Crippen MR) is 66.1 cm³/mol. The summed E-state index contributed by atoms with van der Waals surface area (Å²) < 4.78 is 13.6. The Morgan fingerprint density at radius 3 is 2.61 bits per heavy atom. The number of halogens is 2. The number of carbonyl (C=O) groups excluding carboxylic acids is 2. The summed E-state index contributed by atoms with van der Waals surface area (Å²) in [5.41, 5.74) is 0.0870. The normalized spacial score (nSPS) is 16.7. The van der Waals surface area contributed by atoms with Crippen molar-refractivity contribution in [3.8, 4) is 0 Å². The van der Waals surface area contributed by atoms with Crippen LogP contribution in [0.3, 0.4) is 0 Å². The molecule has 0 aromatic heterocycles. The molecule has 1 aliphatic heterocycles. The lowest BCUT2D eigenvalue weighted by Gasteiger charge is -2.28. The number of piperidine rings is 1. The minimum Gasteiger partial charge on any atom is -0.345 e. The van der Waals surface area contributed by atoms with Crippen LogP contribution in [0, 0.1) is 11.7 Å². The first-order valence-corrected chi connectivity index (χ1v) is 6.18. The van der Waals surface area contributed by atoms with Gasteiger partial charge in [0.15, 0.2) is 5.78 Å². The van der Waals surface area contributed by atoms with Crippen LogP contribution in [0.2, 0.25) is 5.02 Å². The third kappa shape index (κ3) is 2.70. The Balaban J connectivity index is 2.10. The van der Waals surface area contributed by atoms with Crippen LogP contribution in [0.25, 0.3) is 0 Å². The van der Waals surface area contributed by atoms with E-state index in [2.05, 4.69) is 0 Å². The van der Waals surface area contributed by atoms with E-state index in [0.717, 1.165) is 12.5 Å². The molecule has 5 heteroatoms. The van der Waals surface area contributed by atoms with Crippen molar-refractivity contribution in [2.45, 2.75) is 12.8 Å². The Hall–Kier alpha value is -1.42. The Morgan fingerprint density at radius 2 is 2.06 bits per heavy atom. The van der Waals surface area contributed by atoms with Crippen molar-refractivity contribution < 1.29 is 14.0 Å². The van der Waals surface area contributed by atoms with Crippen LogP contribution < -0.4 is 0 Å². The number of Topliss-reactive ketones (excluding diaryl/α,β-unsaturated/α-hetero) is 1. The zero-order valence-electron chi connectivity index (χ0n) is 9.73. The topological polar surface area (TPSA) is 37.4 Å². The number of nitrogens with zero attached hydrogens (tertiary/aromatic N) is 1. The molecular formula is C13H13ClFNO2. The van der Waals surface area contributed by atoms with Gasteiger partial charge in [-0.1, -0.05) is 11.6 Å². The highest BCUT2D eigenvalue weighted by Crippen LogP contribution is 2.24. The summed E-state index contributed by atoms with van der Waals surface area (Å²) in [4.78, 5) is 24.3. The lowest BCUT2D eigenvalue weighted by molar-refractivity contribution is -0.119. The monoisotopic (exact) mass is 269 g/mol. The molecule has 18 heavy (non-hydrogen) atoms. The van der Waals surface area contributed by atoms with Crippen molar-refractivity contribution in [2.75, 3.05) is 13.1 Å². The van der Waals surface area contributed by atoms with Crippen LogP contribution in [0.1, 0.15) is 23.2 Å². The Labute approximate surface area is 110 Å². The largest absolute Gasteiger partial charge is 0.345 e. The molecule has 1 aliphatic rings. The molecule has 0 bridgehead atoms. The molecule has 0 N–H and O–H groups in total. The molecule has 0 spiro atoms. The van der Waals surface area contributed by atoms with Crippen LogP contribution in [0.4, 0.5) is 4.39 Å². The summed E-state index contributed by atoms with van der Waals surface area (Å²) in [6.07, 6.45) is 1.95. The molecule has 3 nitrogen and oxygen atoms in total. The Bertz CT molecular complexity index is 470. The van der Waals surface area contributed by atoms with E-state index in [-0.39, 0.29) is 22.3 Å². The van der Waals surface area contributed by atoms with E-state index in [4.69, 9.17) is 11.6 Å². The maximum absolute atomic E-state index is 13.6. The fourth-order valence-electron chi connectivity index (χ4n) is 2.18. The minimum absolute atomic E-state index is 0.0870. The maximum Gasteiger partial charge on any atom is 0.209 e. The average molecular weight is 270 g/mol. The van der Waals surface area contributed by atoms with Gasteiger partial charge in [0.25, 0.3) is 0 Å². The third-order valence-corrected chi connectivity index (χ3v) is 3.48. The van der Waals surface area contributed by atoms with Crippen molar-refractivity contribution in [1.29, 1.82) is 0 Å². The molecule has 1 aromatic carbocycles. The van der Waals surface area contributed by atoms with Crippen LogP contribution in [0.5, 0.6) is 0 Å². The number of benzene rings is 1. The smallest absolute Gasteiger partial charge is 0.209 e. The van der Waals surface area contributed by atoms with Gasteiger partial charge in [0.05, 0.1) is 5.56 Å². The second-order valence-electron chi connectivity index (χ2n) is 4.40. The van der Waals surface area contributed by atoms with Crippen LogP contribution in [-0.4, -0.2) is 30.2 Å². The summed E-state index contributed by atoms with van der Waals surface area (Å²) in [5.74, 6) is -0.989. The first kappa shape index (κ1) is 13.0. The number of carbonyl (C=O) groups is 2. The van der Waals surface area contributed by atoms with E-state index < -0.39 is 5.82 Å². The summed E-state index contributed by atoms with van der Waals surface area (Å²) in [6, 6.07) is 4.08. The number of likely N-dealkylation sites (tertiary alicyclic amines) is 1. The molecule has 0 unspecified atom stereocenters. The van der Waals surface area contributed by atoms with E-state index >= 15 is 0 Å². The number of rotatable bonds is 3. The summed E-state index contributed by atoms with van der Waals surface area (Å²) in [6.45, 7) is 1.10. The van der Waals surface area contributed by atoms with Gasteiger partial charge in [0.1, 0.15) is 5.82 Å². The molecule has 2 rings (SSSR count). The van der Waals surface area contributed by atoms with E-state index in [1.165, 1.54) is 12.1 Å². The van der Waals surface area contributed by atoms with Gasteiger partial charge in [-0.15, -0.1) is 0 Å². The quantitative estimate of drug-likeness (QED) is 0.625. The minimum atomic E-state index is -0.578. The van der Waals surface area contributed by atoms with Gasteiger partial charge < -0.3 is 4.90 Å². The number of hydrogen-bond donors (Lipinski definition) is 0. The first-order chi connectivity index (χ1) is 8.61. The Morgan fingerprint density at radius 1 is 1.39 bits per heavy atom. The highest BCUT2D eigenvalue weighted by atomic mass is 35.5. The molecule has 0 saturated carbocycles. The fraction of sp³-hybridized carbons (Fsp3) is 0.385. The number of amides is 1. The van der Waals surface area contributed by atoms with Crippen molar-refractivity contribution in [3.63, 3.8) is 0 Å². The fourth-order valence-corrected chi connectivity index (χ4v) is 2.34. The second-order valence-corrected chi connectivity index (χ2v) is 4.84. The summed E-state index contributed by atoms with van der Waals surface area (Å²) in [5, 5.41) is 0.278. The molecule has 96 valence electrons. The third-order valence-electron chi connectivity index (χ3n) is 3.25. The van der Waals surface area contributed by atoms with Gasteiger partial charge in [-0.2, -0.15) is 0 Å². The van der Waals surface area contributed by atoms with E-state index in [1.54, 1.807) is 4.90 Å². The Kier molecular flexibility index (Phi) is 3.97. The van der Waals surface area contributed by atoms with Gasteiger partial charge in [-0.3, -0.25) is 9.59 Å². The molecule has 1 heterocycles. The molecule has 1 fully saturated rings. The maximum atomic E-state index is 13.6. The standard InChI is InChI=1S/C13H13ClFNO2/c14-10-1-2-11(12(15)7-10)13(18)9-3-5-16(8-17)6-4-9/h1-2,7-9H,3-6H2. The zero-order chi connectivity index (χ0) is 13.1. The average Bonchev–Trinajstić information content (AvgIpc) is 2.38. The van der Waals surface area contributed by atoms with Gasteiger partial charge in [-0.25, -0.2) is 4.39 Å². The highest BCUT2D eigenvalue weighted by Gasteiger charge is 2.26. The van der Waals surface area contributed by atoms with Crippen molar-refractivity contribution >= 4 is 23.8 Å². The molecule has 0 atom stereocenters. The van der Waals surface area contributed by atoms with Crippen molar-refractivity contribution in [1.82, 2.24) is 4.90 Å². The number of ketones is 1. The lowest BCUT2D eigenvalue weighted by atomic mass is 9.89. The molecule has 0 radical (unpaired) electrons. The molecule has 1 aromatic rings. The van der Waals surface area contributed by atoms with Crippen LogP contribution in [0.15, 0.2) is 18.2 Å². The molecule has 1 saturated heterocycles. The molecular weight excluding hydrogens is 257 g/mol. The molecule has 1 amide bonds. The van der Waals surface area contributed by atoms with E-state index in [9.17, 15) is 14.0 Å². The van der Waals surface area contributed by atoms with E-state index in [1.807, 2.05) is 0 Å². The second kappa shape index (κ2) is 5.48.